The third-order valence-electron chi connectivity index (χ3n) is 3.54. The van der Waals surface area contributed by atoms with Crippen LogP contribution in [0.3, 0.4) is 0 Å². The highest BCUT2D eigenvalue weighted by molar-refractivity contribution is 9.10. The van der Waals surface area contributed by atoms with E-state index in [4.69, 9.17) is 4.74 Å². The molecule has 1 heterocycles. The molecule has 0 radical (unpaired) electrons. The molecular formula is C16H23BrN2O3. The summed E-state index contributed by atoms with van der Waals surface area (Å²) in [6.07, 6.45) is -0.00857. The summed E-state index contributed by atoms with van der Waals surface area (Å²) in [7, 11) is 0. The Balaban J connectivity index is 1.86. The van der Waals surface area contributed by atoms with E-state index in [9.17, 15) is 9.90 Å². The van der Waals surface area contributed by atoms with Gasteiger partial charge in [0.2, 0.25) is 0 Å². The topological polar surface area (TPSA) is 61.8 Å². The van der Waals surface area contributed by atoms with Gasteiger partial charge in [0.25, 0.3) is 5.91 Å². The molecule has 0 saturated carbocycles. The van der Waals surface area contributed by atoms with Gasteiger partial charge >= 0.3 is 0 Å². The Hall–Kier alpha value is -1.11. The van der Waals surface area contributed by atoms with Crippen molar-refractivity contribution >= 4 is 21.8 Å². The lowest BCUT2D eigenvalue weighted by atomic mass is 10.1. The molecule has 1 aliphatic heterocycles. The summed E-state index contributed by atoms with van der Waals surface area (Å²) in [6.45, 7) is 8.33. The number of phenols is 1. The number of carbonyl (C=O) groups excluding carboxylic acids is 1. The summed E-state index contributed by atoms with van der Waals surface area (Å²) in [5, 5.41) is 12.6. The lowest BCUT2D eigenvalue weighted by Gasteiger charge is -2.33. The monoisotopic (exact) mass is 370 g/mol. The molecule has 2 rings (SSSR count). The molecule has 0 aromatic heterocycles. The van der Waals surface area contributed by atoms with Gasteiger partial charge in [0, 0.05) is 30.7 Å². The van der Waals surface area contributed by atoms with Crippen molar-refractivity contribution in [3.63, 3.8) is 0 Å². The van der Waals surface area contributed by atoms with Crippen LogP contribution in [-0.4, -0.2) is 54.8 Å². The fourth-order valence-electron chi connectivity index (χ4n) is 2.58. The number of nitrogens with one attached hydrogen (secondary N) is 1. The third-order valence-corrected chi connectivity index (χ3v) is 4.03. The van der Waals surface area contributed by atoms with Crippen LogP contribution >= 0.6 is 15.9 Å². The molecule has 6 heteroatoms. The standard InChI is InChI=1S/C16H23BrN2O3/c1-11(2)9-19-5-6-22-13(10-19)8-18-16(21)14-7-12(17)3-4-15(14)20/h3-4,7,11,13,20H,5-6,8-10H2,1-2H3,(H,18,21). The van der Waals surface area contributed by atoms with Gasteiger partial charge in [-0.25, -0.2) is 0 Å². The first-order valence-corrected chi connectivity index (χ1v) is 8.35. The van der Waals surface area contributed by atoms with E-state index in [2.05, 4.69) is 40.0 Å². The van der Waals surface area contributed by atoms with Gasteiger partial charge in [0.1, 0.15) is 5.75 Å². The number of nitrogens with zero attached hydrogens (tertiary/aromatic N) is 1. The van der Waals surface area contributed by atoms with Crippen LogP contribution < -0.4 is 5.32 Å². The summed E-state index contributed by atoms with van der Waals surface area (Å²) in [5.41, 5.74) is 0.268. The quantitative estimate of drug-likeness (QED) is 0.834. The van der Waals surface area contributed by atoms with E-state index in [0.29, 0.717) is 19.1 Å². The Bertz CT molecular complexity index is 522. The van der Waals surface area contributed by atoms with Gasteiger partial charge in [-0.15, -0.1) is 0 Å². The molecule has 1 saturated heterocycles. The van der Waals surface area contributed by atoms with Crippen LogP contribution in [0, 0.1) is 5.92 Å². The number of phenolic OH excluding ortho intramolecular Hbond substituents is 1. The first kappa shape index (κ1) is 17.2. The number of benzene rings is 1. The summed E-state index contributed by atoms with van der Waals surface area (Å²) in [4.78, 5) is 14.5. The summed E-state index contributed by atoms with van der Waals surface area (Å²) in [6, 6.07) is 4.80. The Kier molecular flexibility index (Phi) is 6.23. The van der Waals surface area contributed by atoms with Crippen LogP contribution in [-0.2, 0) is 4.74 Å². The van der Waals surface area contributed by atoms with Gasteiger partial charge in [0.15, 0.2) is 0 Å². The maximum Gasteiger partial charge on any atom is 0.255 e. The Morgan fingerprint density at radius 3 is 3.05 bits per heavy atom. The largest absolute Gasteiger partial charge is 0.507 e. The highest BCUT2D eigenvalue weighted by Gasteiger charge is 2.22. The Morgan fingerprint density at radius 1 is 1.55 bits per heavy atom. The van der Waals surface area contributed by atoms with E-state index in [1.54, 1.807) is 12.1 Å². The van der Waals surface area contributed by atoms with Crippen molar-refractivity contribution in [2.75, 3.05) is 32.8 Å². The predicted octanol–water partition coefficient (Wildman–Crippen LogP) is 2.24. The Labute approximate surface area is 139 Å². The average Bonchev–Trinajstić information content (AvgIpc) is 2.47. The number of morpholine rings is 1. The minimum atomic E-state index is -0.289. The van der Waals surface area contributed by atoms with Crippen LogP contribution in [0.5, 0.6) is 5.75 Å². The number of hydrogen-bond donors (Lipinski definition) is 2. The van der Waals surface area contributed by atoms with E-state index in [-0.39, 0.29) is 23.3 Å². The van der Waals surface area contributed by atoms with E-state index in [0.717, 1.165) is 24.1 Å². The number of rotatable bonds is 5. The summed E-state index contributed by atoms with van der Waals surface area (Å²) in [5.74, 6) is 0.307. The predicted molar refractivity (Wildman–Crippen MR) is 89.2 cm³/mol. The molecule has 0 aliphatic carbocycles. The van der Waals surface area contributed by atoms with Crippen molar-refractivity contribution < 1.29 is 14.6 Å². The maximum atomic E-state index is 12.2. The zero-order valence-electron chi connectivity index (χ0n) is 13.0. The third kappa shape index (κ3) is 4.97. The molecule has 0 bridgehead atoms. The number of hydrogen-bond acceptors (Lipinski definition) is 4. The molecule has 1 aromatic carbocycles. The number of aromatic hydroxyl groups is 1. The molecule has 1 unspecified atom stereocenters. The second-order valence-electron chi connectivity index (χ2n) is 6.02. The van der Waals surface area contributed by atoms with E-state index in [1.165, 1.54) is 6.07 Å². The van der Waals surface area contributed by atoms with Crippen LogP contribution in [0.15, 0.2) is 22.7 Å². The normalized spacial score (nSPS) is 19.4. The van der Waals surface area contributed by atoms with Crippen molar-refractivity contribution in [2.24, 2.45) is 5.92 Å². The van der Waals surface area contributed by atoms with Crippen molar-refractivity contribution in [1.29, 1.82) is 0 Å². The van der Waals surface area contributed by atoms with E-state index in [1.807, 2.05) is 0 Å². The second-order valence-corrected chi connectivity index (χ2v) is 6.93. The van der Waals surface area contributed by atoms with Crippen molar-refractivity contribution in [1.82, 2.24) is 10.2 Å². The number of carbonyl (C=O) groups is 1. The maximum absolute atomic E-state index is 12.2. The van der Waals surface area contributed by atoms with Crippen LogP contribution in [0.2, 0.25) is 0 Å². The van der Waals surface area contributed by atoms with Crippen LogP contribution in [0.25, 0.3) is 0 Å². The van der Waals surface area contributed by atoms with E-state index >= 15 is 0 Å². The number of amides is 1. The zero-order chi connectivity index (χ0) is 16.1. The molecule has 22 heavy (non-hydrogen) atoms. The van der Waals surface area contributed by atoms with Gasteiger partial charge in [-0.1, -0.05) is 29.8 Å². The van der Waals surface area contributed by atoms with Crippen molar-refractivity contribution in [2.45, 2.75) is 20.0 Å². The molecule has 2 N–H and O–H groups in total. The molecular weight excluding hydrogens is 348 g/mol. The van der Waals surface area contributed by atoms with Crippen molar-refractivity contribution in [3.05, 3.63) is 28.2 Å². The van der Waals surface area contributed by atoms with Gasteiger partial charge < -0.3 is 15.2 Å². The first-order chi connectivity index (χ1) is 10.5. The molecule has 1 atom stereocenters. The van der Waals surface area contributed by atoms with Gasteiger partial charge in [-0.05, 0) is 24.1 Å². The highest BCUT2D eigenvalue weighted by atomic mass is 79.9. The zero-order valence-corrected chi connectivity index (χ0v) is 14.6. The fourth-order valence-corrected chi connectivity index (χ4v) is 2.94. The van der Waals surface area contributed by atoms with Crippen molar-refractivity contribution in [3.8, 4) is 5.75 Å². The minimum absolute atomic E-state index is 0.00857. The van der Waals surface area contributed by atoms with Crippen LogP contribution in [0.4, 0.5) is 0 Å². The first-order valence-electron chi connectivity index (χ1n) is 7.56. The van der Waals surface area contributed by atoms with Crippen LogP contribution in [0.1, 0.15) is 24.2 Å². The molecule has 1 fully saturated rings. The number of halogens is 1. The van der Waals surface area contributed by atoms with E-state index < -0.39 is 0 Å². The average molecular weight is 371 g/mol. The highest BCUT2D eigenvalue weighted by Crippen LogP contribution is 2.21. The fraction of sp³-hybridized carbons (Fsp3) is 0.562. The number of ether oxygens (including phenoxy) is 1. The second kappa shape index (κ2) is 7.94. The lowest BCUT2D eigenvalue weighted by Crippen LogP contribution is -2.48. The molecule has 1 amide bonds. The molecule has 0 spiro atoms. The SMILES string of the molecule is CC(C)CN1CCOC(CNC(=O)c2cc(Br)ccc2O)C1. The van der Waals surface area contributed by atoms with Gasteiger partial charge in [0.05, 0.1) is 18.3 Å². The molecule has 1 aliphatic rings. The summed E-state index contributed by atoms with van der Waals surface area (Å²) >= 11 is 3.30. The molecule has 5 nitrogen and oxygen atoms in total. The lowest BCUT2D eigenvalue weighted by molar-refractivity contribution is -0.0295. The molecule has 122 valence electrons. The smallest absolute Gasteiger partial charge is 0.255 e. The molecule has 1 aromatic rings. The Morgan fingerprint density at radius 2 is 2.32 bits per heavy atom. The van der Waals surface area contributed by atoms with Gasteiger partial charge in [-0.2, -0.15) is 0 Å². The summed E-state index contributed by atoms with van der Waals surface area (Å²) < 4.78 is 6.46. The van der Waals surface area contributed by atoms with Gasteiger partial charge in [-0.3, -0.25) is 9.69 Å². The minimum Gasteiger partial charge on any atom is -0.507 e.